The van der Waals surface area contributed by atoms with Crippen molar-refractivity contribution >= 4 is 5.97 Å². The monoisotopic (exact) mass is 221 g/mol. The predicted octanol–water partition coefficient (Wildman–Crippen LogP) is 2.27. The van der Waals surface area contributed by atoms with Crippen LogP contribution in [-0.4, -0.2) is 12.0 Å². The first-order valence-electron chi connectivity index (χ1n) is 5.53. The van der Waals surface area contributed by atoms with E-state index in [9.17, 15) is 4.79 Å². The number of carbonyl (C=O) groups is 1. The van der Waals surface area contributed by atoms with Gasteiger partial charge in [0.25, 0.3) is 0 Å². The molecule has 0 radical (unpaired) electrons. The normalized spacial score (nSPS) is 12.6. The van der Waals surface area contributed by atoms with Crippen molar-refractivity contribution in [2.45, 2.75) is 33.2 Å². The maximum absolute atomic E-state index is 11.6. The second-order valence-corrected chi connectivity index (χ2v) is 4.47. The van der Waals surface area contributed by atoms with E-state index in [1.807, 2.05) is 32.9 Å². The lowest BCUT2D eigenvalue weighted by molar-refractivity contribution is -0.136. The van der Waals surface area contributed by atoms with Crippen LogP contribution in [-0.2, 0) is 4.79 Å². The molecule has 0 spiro atoms. The molecule has 1 aromatic rings. The van der Waals surface area contributed by atoms with Gasteiger partial charge in [-0.15, -0.1) is 0 Å². The summed E-state index contributed by atoms with van der Waals surface area (Å²) in [5, 5.41) is 0. The van der Waals surface area contributed by atoms with E-state index < -0.39 is 6.04 Å². The standard InChI is InChI=1S/C13H19NO2/c1-9(2)8-12(14)13(15)16-11-6-4-10(3)5-7-11/h4-7,9,12H,8,14H2,1-3H3. The van der Waals surface area contributed by atoms with Crippen molar-refractivity contribution in [1.29, 1.82) is 0 Å². The topological polar surface area (TPSA) is 52.3 Å². The molecule has 0 heterocycles. The minimum absolute atomic E-state index is 0.363. The predicted molar refractivity (Wildman–Crippen MR) is 64.2 cm³/mol. The van der Waals surface area contributed by atoms with Crippen LogP contribution in [0.15, 0.2) is 24.3 Å². The minimum atomic E-state index is -0.540. The van der Waals surface area contributed by atoms with Crippen molar-refractivity contribution in [2.24, 2.45) is 11.7 Å². The van der Waals surface area contributed by atoms with E-state index in [-0.39, 0.29) is 5.97 Å². The van der Waals surface area contributed by atoms with Gasteiger partial charge in [-0.25, -0.2) is 4.79 Å². The number of nitrogens with two attached hydrogens (primary N) is 1. The van der Waals surface area contributed by atoms with Crippen LogP contribution in [0.25, 0.3) is 0 Å². The van der Waals surface area contributed by atoms with E-state index in [0.717, 1.165) is 5.56 Å². The van der Waals surface area contributed by atoms with Gasteiger partial charge in [-0.1, -0.05) is 31.5 Å². The minimum Gasteiger partial charge on any atom is -0.425 e. The molecule has 1 atom stereocenters. The Kier molecular flexibility index (Phi) is 4.50. The molecule has 0 aromatic heterocycles. The Bertz CT molecular complexity index is 343. The highest BCUT2D eigenvalue weighted by Crippen LogP contribution is 2.13. The summed E-state index contributed by atoms with van der Waals surface area (Å²) in [7, 11) is 0. The van der Waals surface area contributed by atoms with Crippen molar-refractivity contribution in [3.8, 4) is 5.75 Å². The lowest BCUT2D eigenvalue weighted by Gasteiger charge is -2.13. The van der Waals surface area contributed by atoms with Crippen LogP contribution >= 0.6 is 0 Å². The summed E-state index contributed by atoms with van der Waals surface area (Å²) < 4.78 is 5.17. The Morgan fingerprint density at radius 1 is 1.31 bits per heavy atom. The molecule has 0 aliphatic carbocycles. The summed E-state index contributed by atoms with van der Waals surface area (Å²) >= 11 is 0. The third-order valence-corrected chi connectivity index (χ3v) is 2.27. The Labute approximate surface area is 96.6 Å². The maximum atomic E-state index is 11.6. The third kappa shape index (κ3) is 4.03. The first-order chi connectivity index (χ1) is 7.49. The number of aryl methyl sites for hydroxylation is 1. The van der Waals surface area contributed by atoms with Crippen LogP contribution < -0.4 is 10.5 Å². The van der Waals surface area contributed by atoms with E-state index in [4.69, 9.17) is 10.5 Å². The summed E-state index contributed by atoms with van der Waals surface area (Å²) in [6.07, 6.45) is 0.644. The van der Waals surface area contributed by atoms with Gasteiger partial charge in [0.15, 0.2) is 0 Å². The van der Waals surface area contributed by atoms with E-state index in [2.05, 4.69) is 0 Å². The smallest absolute Gasteiger partial charge is 0.328 e. The highest BCUT2D eigenvalue weighted by molar-refractivity contribution is 5.77. The number of ether oxygens (including phenoxy) is 1. The van der Waals surface area contributed by atoms with Crippen molar-refractivity contribution in [3.05, 3.63) is 29.8 Å². The Hall–Kier alpha value is -1.35. The third-order valence-electron chi connectivity index (χ3n) is 2.27. The molecule has 0 aliphatic rings. The molecule has 0 bridgehead atoms. The molecule has 3 nitrogen and oxygen atoms in total. The van der Waals surface area contributed by atoms with Crippen LogP contribution in [0.1, 0.15) is 25.8 Å². The van der Waals surface area contributed by atoms with Crippen molar-refractivity contribution in [2.75, 3.05) is 0 Å². The maximum Gasteiger partial charge on any atom is 0.328 e. The molecule has 0 fully saturated rings. The van der Waals surface area contributed by atoms with Gasteiger partial charge in [0, 0.05) is 0 Å². The quantitative estimate of drug-likeness (QED) is 0.627. The van der Waals surface area contributed by atoms with Gasteiger partial charge in [0.05, 0.1) is 0 Å². The summed E-state index contributed by atoms with van der Waals surface area (Å²) in [6, 6.07) is 6.80. The SMILES string of the molecule is Cc1ccc(OC(=O)C(N)CC(C)C)cc1. The number of benzene rings is 1. The van der Waals surface area contributed by atoms with E-state index in [1.165, 1.54) is 0 Å². The first-order valence-corrected chi connectivity index (χ1v) is 5.53. The molecule has 0 saturated heterocycles. The molecule has 0 amide bonds. The fraction of sp³-hybridized carbons (Fsp3) is 0.462. The summed E-state index contributed by atoms with van der Waals surface area (Å²) in [5.41, 5.74) is 6.85. The van der Waals surface area contributed by atoms with Crippen LogP contribution in [0.2, 0.25) is 0 Å². The van der Waals surface area contributed by atoms with Crippen LogP contribution in [0, 0.1) is 12.8 Å². The average Bonchev–Trinajstić information content (AvgIpc) is 2.20. The molecule has 0 aliphatic heterocycles. The van der Waals surface area contributed by atoms with Crippen LogP contribution in [0.5, 0.6) is 5.75 Å². The molecule has 1 unspecified atom stereocenters. The van der Waals surface area contributed by atoms with Gasteiger partial charge in [-0.2, -0.15) is 0 Å². The molecule has 1 aromatic carbocycles. The first kappa shape index (κ1) is 12.7. The molecule has 16 heavy (non-hydrogen) atoms. The van der Waals surface area contributed by atoms with Crippen molar-refractivity contribution in [1.82, 2.24) is 0 Å². The summed E-state index contributed by atoms with van der Waals surface area (Å²) in [4.78, 5) is 11.6. The molecule has 2 N–H and O–H groups in total. The highest BCUT2D eigenvalue weighted by atomic mass is 16.5. The molecule has 1 rings (SSSR count). The van der Waals surface area contributed by atoms with E-state index in [1.54, 1.807) is 12.1 Å². The molecular formula is C13H19NO2. The van der Waals surface area contributed by atoms with Gasteiger partial charge in [-0.05, 0) is 31.4 Å². The van der Waals surface area contributed by atoms with Gasteiger partial charge in [0.1, 0.15) is 11.8 Å². The highest BCUT2D eigenvalue weighted by Gasteiger charge is 2.16. The zero-order valence-corrected chi connectivity index (χ0v) is 10.1. The second kappa shape index (κ2) is 5.66. The van der Waals surface area contributed by atoms with Crippen LogP contribution in [0.4, 0.5) is 0 Å². The van der Waals surface area contributed by atoms with Gasteiger partial charge >= 0.3 is 5.97 Å². The lowest BCUT2D eigenvalue weighted by atomic mass is 10.1. The van der Waals surface area contributed by atoms with Gasteiger partial charge in [0.2, 0.25) is 0 Å². The van der Waals surface area contributed by atoms with Crippen molar-refractivity contribution < 1.29 is 9.53 Å². The number of hydrogen-bond donors (Lipinski definition) is 1. The van der Waals surface area contributed by atoms with E-state index in [0.29, 0.717) is 18.1 Å². The summed E-state index contributed by atoms with van der Waals surface area (Å²) in [6.45, 7) is 6.04. The number of rotatable bonds is 4. The van der Waals surface area contributed by atoms with E-state index >= 15 is 0 Å². The Balaban J connectivity index is 2.54. The Morgan fingerprint density at radius 2 is 1.88 bits per heavy atom. The fourth-order valence-corrected chi connectivity index (χ4v) is 1.40. The molecule has 0 saturated carbocycles. The average molecular weight is 221 g/mol. The number of esters is 1. The summed E-state index contributed by atoms with van der Waals surface area (Å²) in [5.74, 6) is 0.577. The number of carbonyl (C=O) groups excluding carboxylic acids is 1. The Morgan fingerprint density at radius 3 is 2.38 bits per heavy atom. The zero-order valence-electron chi connectivity index (χ0n) is 10.1. The molecule has 88 valence electrons. The molecular weight excluding hydrogens is 202 g/mol. The lowest BCUT2D eigenvalue weighted by Crippen LogP contribution is -2.35. The van der Waals surface area contributed by atoms with Gasteiger partial charge in [-0.3, -0.25) is 0 Å². The molecule has 3 heteroatoms. The zero-order chi connectivity index (χ0) is 12.1. The van der Waals surface area contributed by atoms with Gasteiger partial charge < -0.3 is 10.5 Å². The second-order valence-electron chi connectivity index (χ2n) is 4.47. The van der Waals surface area contributed by atoms with Crippen molar-refractivity contribution in [3.63, 3.8) is 0 Å². The largest absolute Gasteiger partial charge is 0.425 e. The van der Waals surface area contributed by atoms with Crippen LogP contribution in [0.3, 0.4) is 0 Å². The number of hydrogen-bond acceptors (Lipinski definition) is 3. The fourth-order valence-electron chi connectivity index (χ4n) is 1.40.